The van der Waals surface area contributed by atoms with Crippen LogP contribution < -0.4 is 10.1 Å². The van der Waals surface area contributed by atoms with E-state index >= 15 is 0 Å². The Balaban J connectivity index is 1.85. The molecule has 0 saturated heterocycles. The van der Waals surface area contributed by atoms with Crippen LogP contribution in [-0.4, -0.2) is 30.0 Å². The molecule has 0 aliphatic carbocycles. The maximum atomic E-state index is 12.3. The number of amides is 1. The second-order valence-corrected chi connectivity index (χ2v) is 6.41. The summed E-state index contributed by atoms with van der Waals surface area (Å²) in [4.78, 5) is 28.0. The van der Waals surface area contributed by atoms with Gasteiger partial charge >= 0.3 is 5.97 Å². The highest BCUT2D eigenvalue weighted by atomic mass is 16.5. The molecule has 1 N–H and O–H groups in total. The van der Waals surface area contributed by atoms with Crippen molar-refractivity contribution in [1.29, 1.82) is 0 Å². The van der Waals surface area contributed by atoms with Gasteiger partial charge in [-0.2, -0.15) is 0 Å². The number of esters is 1. The molecule has 144 valence electrons. The minimum absolute atomic E-state index is 0.126. The highest BCUT2D eigenvalue weighted by molar-refractivity contribution is 5.96. The van der Waals surface area contributed by atoms with Crippen LogP contribution in [0.15, 0.2) is 54.7 Å². The zero-order chi connectivity index (χ0) is 20.1. The van der Waals surface area contributed by atoms with E-state index in [-0.39, 0.29) is 23.7 Å². The van der Waals surface area contributed by atoms with Crippen molar-refractivity contribution in [1.82, 2.24) is 10.3 Å². The fourth-order valence-corrected chi connectivity index (χ4v) is 2.61. The summed E-state index contributed by atoms with van der Waals surface area (Å²) in [7, 11) is 1.55. The summed E-state index contributed by atoms with van der Waals surface area (Å²) >= 11 is 0. The van der Waals surface area contributed by atoms with Crippen molar-refractivity contribution in [2.75, 3.05) is 7.05 Å². The van der Waals surface area contributed by atoms with Crippen LogP contribution in [0, 0.1) is 0 Å². The number of carbonyl (C=O) groups is 2. The molecule has 0 saturated carbocycles. The number of rotatable bonds is 6. The van der Waals surface area contributed by atoms with E-state index in [2.05, 4.69) is 10.3 Å². The Morgan fingerprint density at radius 3 is 2.54 bits per heavy atom. The van der Waals surface area contributed by atoms with Gasteiger partial charge < -0.3 is 14.8 Å². The van der Waals surface area contributed by atoms with Gasteiger partial charge in [-0.25, -0.2) is 4.79 Å². The quantitative estimate of drug-likeness (QED) is 0.646. The lowest BCUT2D eigenvalue weighted by Gasteiger charge is -2.12. The zero-order valence-corrected chi connectivity index (χ0v) is 16.1. The predicted octanol–water partition coefficient (Wildman–Crippen LogP) is 4.34. The summed E-state index contributed by atoms with van der Waals surface area (Å²) in [6, 6.07) is 14.3. The first-order valence-electron chi connectivity index (χ1n) is 9.11. The van der Waals surface area contributed by atoms with Crippen LogP contribution in [0.25, 0.3) is 10.8 Å². The molecule has 6 heteroatoms. The molecule has 1 amide bonds. The average Bonchev–Trinajstić information content (AvgIpc) is 2.72. The van der Waals surface area contributed by atoms with E-state index in [9.17, 15) is 9.59 Å². The van der Waals surface area contributed by atoms with Crippen LogP contribution in [0.5, 0.6) is 11.5 Å². The largest absolute Gasteiger partial charge is 0.459 e. The number of hydrogen-bond donors (Lipinski definition) is 1. The minimum Gasteiger partial charge on any atom is -0.459 e. The normalized spacial score (nSPS) is 11.7. The van der Waals surface area contributed by atoms with Crippen molar-refractivity contribution in [2.24, 2.45) is 0 Å². The Labute approximate surface area is 163 Å². The van der Waals surface area contributed by atoms with Gasteiger partial charge in [0.2, 0.25) is 0 Å². The van der Waals surface area contributed by atoms with E-state index in [4.69, 9.17) is 9.47 Å². The molecule has 0 radical (unpaired) electrons. The van der Waals surface area contributed by atoms with Gasteiger partial charge in [-0.05, 0) is 54.4 Å². The molecule has 28 heavy (non-hydrogen) atoms. The van der Waals surface area contributed by atoms with Crippen molar-refractivity contribution in [3.63, 3.8) is 0 Å². The van der Waals surface area contributed by atoms with Crippen molar-refractivity contribution >= 4 is 22.6 Å². The molecular formula is C22H22N2O4. The molecular weight excluding hydrogens is 356 g/mol. The number of aromatic nitrogens is 1. The Kier molecular flexibility index (Phi) is 5.89. The average molecular weight is 378 g/mol. The van der Waals surface area contributed by atoms with E-state index in [0.29, 0.717) is 17.1 Å². The lowest BCUT2D eigenvalue weighted by atomic mass is 10.1. The number of pyridine rings is 1. The number of fused-ring (bicyclic) bond motifs is 1. The Hall–Kier alpha value is -3.41. The summed E-state index contributed by atoms with van der Waals surface area (Å²) in [5.74, 6) is 0.467. The first-order valence-corrected chi connectivity index (χ1v) is 9.11. The van der Waals surface area contributed by atoms with Gasteiger partial charge in [0.25, 0.3) is 5.91 Å². The summed E-state index contributed by atoms with van der Waals surface area (Å²) in [5, 5.41) is 4.37. The maximum absolute atomic E-state index is 12.3. The minimum atomic E-state index is -0.341. The van der Waals surface area contributed by atoms with Gasteiger partial charge in [0, 0.05) is 19.3 Å². The predicted molar refractivity (Wildman–Crippen MR) is 107 cm³/mol. The highest BCUT2D eigenvalue weighted by Gasteiger charge is 2.12. The van der Waals surface area contributed by atoms with Crippen LogP contribution in [0.3, 0.4) is 0 Å². The van der Waals surface area contributed by atoms with Gasteiger partial charge in [-0.1, -0.05) is 19.1 Å². The summed E-state index contributed by atoms with van der Waals surface area (Å²) in [5.41, 5.74) is 0.770. The standard InChI is InChI=1S/C22H22N2O4/c1-4-14(2)27-22(26)16-6-5-15-7-8-18(12-17(15)11-16)28-19-9-10-24-20(13-19)21(25)23-3/h5-14H,4H2,1-3H3,(H,23,25). The molecule has 0 fully saturated rings. The van der Waals surface area contributed by atoms with Crippen LogP contribution in [0.2, 0.25) is 0 Å². The summed E-state index contributed by atoms with van der Waals surface area (Å²) in [6.45, 7) is 3.84. The van der Waals surface area contributed by atoms with E-state index in [1.54, 1.807) is 31.3 Å². The Bertz CT molecular complexity index is 1020. The Morgan fingerprint density at radius 2 is 1.79 bits per heavy atom. The fourth-order valence-electron chi connectivity index (χ4n) is 2.61. The number of nitrogens with one attached hydrogen (secondary N) is 1. The van der Waals surface area contributed by atoms with E-state index in [1.807, 2.05) is 38.1 Å². The number of ether oxygens (including phenoxy) is 2. The van der Waals surface area contributed by atoms with Crippen LogP contribution in [0.1, 0.15) is 41.1 Å². The molecule has 1 unspecified atom stereocenters. The SMILES string of the molecule is CCC(C)OC(=O)c1ccc2ccc(Oc3ccnc(C(=O)NC)c3)cc2c1. The molecule has 1 atom stereocenters. The molecule has 0 spiro atoms. The lowest BCUT2D eigenvalue weighted by Crippen LogP contribution is -2.18. The molecule has 1 heterocycles. The van der Waals surface area contributed by atoms with Gasteiger partial charge in [-0.15, -0.1) is 0 Å². The van der Waals surface area contributed by atoms with Crippen molar-refractivity contribution in [2.45, 2.75) is 26.4 Å². The van der Waals surface area contributed by atoms with E-state index in [0.717, 1.165) is 17.2 Å². The first-order chi connectivity index (χ1) is 13.5. The molecule has 0 bridgehead atoms. The Morgan fingerprint density at radius 1 is 1.04 bits per heavy atom. The number of nitrogens with zero attached hydrogens (tertiary/aromatic N) is 1. The van der Waals surface area contributed by atoms with Crippen LogP contribution in [0.4, 0.5) is 0 Å². The topological polar surface area (TPSA) is 77.5 Å². The molecule has 2 aromatic carbocycles. The summed E-state index contributed by atoms with van der Waals surface area (Å²) in [6.07, 6.45) is 2.16. The smallest absolute Gasteiger partial charge is 0.338 e. The highest BCUT2D eigenvalue weighted by Crippen LogP contribution is 2.27. The molecule has 3 rings (SSSR count). The molecule has 0 aliphatic heterocycles. The molecule has 0 aliphatic rings. The summed E-state index contributed by atoms with van der Waals surface area (Å²) < 4.78 is 11.3. The first kappa shape index (κ1) is 19.4. The lowest BCUT2D eigenvalue weighted by molar-refractivity contribution is 0.0334. The van der Waals surface area contributed by atoms with Gasteiger partial charge in [0.1, 0.15) is 17.2 Å². The zero-order valence-electron chi connectivity index (χ0n) is 16.1. The van der Waals surface area contributed by atoms with Crippen molar-refractivity contribution in [3.8, 4) is 11.5 Å². The van der Waals surface area contributed by atoms with Gasteiger partial charge in [0.05, 0.1) is 11.7 Å². The van der Waals surface area contributed by atoms with Gasteiger partial charge in [0.15, 0.2) is 0 Å². The van der Waals surface area contributed by atoms with Crippen molar-refractivity contribution < 1.29 is 19.1 Å². The fraction of sp³-hybridized carbons (Fsp3) is 0.227. The molecule has 6 nitrogen and oxygen atoms in total. The number of carbonyl (C=O) groups excluding carboxylic acids is 2. The molecule has 1 aromatic heterocycles. The van der Waals surface area contributed by atoms with Crippen molar-refractivity contribution in [3.05, 3.63) is 66.0 Å². The van der Waals surface area contributed by atoms with Crippen LogP contribution >= 0.6 is 0 Å². The third-order valence-corrected chi connectivity index (χ3v) is 4.36. The van der Waals surface area contributed by atoms with Crippen LogP contribution in [-0.2, 0) is 4.74 Å². The third kappa shape index (κ3) is 4.46. The van der Waals surface area contributed by atoms with Gasteiger partial charge in [-0.3, -0.25) is 9.78 Å². The third-order valence-electron chi connectivity index (χ3n) is 4.36. The monoisotopic (exact) mass is 378 g/mol. The number of benzene rings is 2. The van der Waals surface area contributed by atoms with E-state index < -0.39 is 0 Å². The maximum Gasteiger partial charge on any atom is 0.338 e. The second-order valence-electron chi connectivity index (χ2n) is 6.41. The number of hydrogen-bond acceptors (Lipinski definition) is 5. The van der Waals surface area contributed by atoms with E-state index in [1.165, 1.54) is 6.20 Å². The second kappa shape index (κ2) is 8.52. The molecule has 3 aromatic rings.